The van der Waals surface area contributed by atoms with Crippen LogP contribution in [0.25, 0.3) is 0 Å². The van der Waals surface area contributed by atoms with Gasteiger partial charge in [-0.2, -0.15) is 0 Å². The van der Waals surface area contributed by atoms with Crippen LogP contribution in [0.3, 0.4) is 0 Å². The van der Waals surface area contributed by atoms with Crippen LogP contribution < -0.4 is 15.5 Å². The number of thiophene rings is 1. The molecular formula is C24H30N4O3S. The zero-order valence-corrected chi connectivity index (χ0v) is 19.6. The highest BCUT2D eigenvalue weighted by Gasteiger charge is 2.35. The minimum absolute atomic E-state index is 0.287. The molecule has 7 nitrogen and oxygen atoms in total. The second kappa shape index (κ2) is 9.75. The lowest BCUT2D eigenvalue weighted by Gasteiger charge is -2.38. The van der Waals surface area contributed by atoms with Gasteiger partial charge in [-0.05, 0) is 49.4 Å². The number of nitrogens with zero attached hydrogens (tertiary/aromatic N) is 2. The summed E-state index contributed by atoms with van der Waals surface area (Å²) in [4.78, 5) is 30.9. The van der Waals surface area contributed by atoms with E-state index in [1.165, 1.54) is 28.2 Å². The van der Waals surface area contributed by atoms with Gasteiger partial charge in [0, 0.05) is 49.0 Å². The summed E-state index contributed by atoms with van der Waals surface area (Å²) >= 11 is 1.51. The summed E-state index contributed by atoms with van der Waals surface area (Å²) in [6.07, 6.45) is 0. The first-order chi connectivity index (χ1) is 15.5. The number of hydrogen-bond donors (Lipinski definition) is 2. The van der Waals surface area contributed by atoms with Gasteiger partial charge in [0.25, 0.3) is 0 Å². The molecule has 8 heteroatoms. The van der Waals surface area contributed by atoms with Gasteiger partial charge in [-0.3, -0.25) is 4.90 Å². The van der Waals surface area contributed by atoms with Gasteiger partial charge in [-0.1, -0.05) is 18.2 Å². The Morgan fingerprint density at radius 2 is 1.94 bits per heavy atom. The van der Waals surface area contributed by atoms with Crippen LogP contribution in [0.1, 0.15) is 29.0 Å². The number of esters is 1. The topological polar surface area (TPSA) is 73.9 Å². The predicted octanol–water partition coefficient (Wildman–Crippen LogP) is 3.36. The van der Waals surface area contributed by atoms with Crippen molar-refractivity contribution >= 4 is 29.0 Å². The van der Waals surface area contributed by atoms with E-state index in [4.69, 9.17) is 4.74 Å². The number of piperazine rings is 1. The molecule has 32 heavy (non-hydrogen) atoms. The standard InChI is InChI=1S/C24H30N4O3S/c1-4-31-23(29)21-18(25-24(30)26-22(21)20-9-6-14-32-20)15-27-10-12-28(13-11-27)19-8-5-7-16(2)17(19)3/h5-9,14,22H,4,10-13,15H2,1-3H3,(H2,25,26,30)/t22-/m0/s1. The lowest BCUT2D eigenvalue weighted by atomic mass is 10.0. The molecule has 1 saturated heterocycles. The van der Waals surface area contributed by atoms with E-state index >= 15 is 0 Å². The van der Waals surface area contributed by atoms with Crippen molar-refractivity contribution in [3.63, 3.8) is 0 Å². The summed E-state index contributed by atoms with van der Waals surface area (Å²) in [5.41, 5.74) is 5.02. The number of ether oxygens (including phenoxy) is 1. The molecule has 3 heterocycles. The summed E-state index contributed by atoms with van der Waals surface area (Å²) in [6.45, 7) is 10.4. The quantitative estimate of drug-likeness (QED) is 0.655. The number of urea groups is 1. The first kappa shape index (κ1) is 22.4. The van der Waals surface area contributed by atoms with Gasteiger partial charge in [0.2, 0.25) is 0 Å². The summed E-state index contributed by atoms with van der Waals surface area (Å²) < 4.78 is 5.35. The molecule has 2 aromatic rings. The molecular weight excluding hydrogens is 424 g/mol. The Hall–Kier alpha value is -2.84. The van der Waals surface area contributed by atoms with Gasteiger partial charge in [0.05, 0.1) is 18.2 Å². The fraction of sp³-hybridized carbons (Fsp3) is 0.417. The van der Waals surface area contributed by atoms with Crippen molar-refractivity contribution in [1.82, 2.24) is 15.5 Å². The van der Waals surface area contributed by atoms with Crippen LogP contribution in [0.5, 0.6) is 0 Å². The van der Waals surface area contributed by atoms with E-state index in [0.717, 1.165) is 31.1 Å². The maximum Gasteiger partial charge on any atom is 0.338 e. The van der Waals surface area contributed by atoms with E-state index < -0.39 is 6.04 Å². The lowest BCUT2D eigenvalue weighted by Crippen LogP contribution is -2.51. The van der Waals surface area contributed by atoms with Crippen LogP contribution in [-0.2, 0) is 9.53 Å². The molecule has 2 aliphatic rings. The Morgan fingerprint density at radius 3 is 2.62 bits per heavy atom. The van der Waals surface area contributed by atoms with Gasteiger partial charge in [-0.15, -0.1) is 11.3 Å². The molecule has 4 rings (SSSR count). The highest BCUT2D eigenvalue weighted by Crippen LogP contribution is 2.31. The highest BCUT2D eigenvalue weighted by atomic mass is 32.1. The van der Waals surface area contributed by atoms with Crippen LogP contribution in [0.2, 0.25) is 0 Å². The number of aryl methyl sites for hydroxylation is 1. The summed E-state index contributed by atoms with van der Waals surface area (Å²) in [5, 5.41) is 7.72. The third kappa shape index (κ3) is 4.66. The number of hydrogen-bond acceptors (Lipinski definition) is 6. The van der Waals surface area contributed by atoms with E-state index in [1.54, 1.807) is 6.92 Å². The van der Waals surface area contributed by atoms with Gasteiger partial charge < -0.3 is 20.3 Å². The fourth-order valence-corrected chi connectivity index (χ4v) is 5.09. The Labute approximate surface area is 193 Å². The molecule has 2 amide bonds. The van der Waals surface area contributed by atoms with Crippen molar-refractivity contribution in [3.8, 4) is 0 Å². The normalized spacial score (nSPS) is 19.5. The van der Waals surface area contributed by atoms with Crippen molar-refractivity contribution in [3.05, 3.63) is 63.0 Å². The summed E-state index contributed by atoms with van der Waals surface area (Å²) in [6, 6.07) is 9.49. The molecule has 1 atom stereocenters. The molecule has 1 aromatic heterocycles. The van der Waals surface area contributed by atoms with Crippen molar-refractivity contribution in [2.24, 2.45) is 0 Å². The average molecular weight is 455 g/mol. The van der Waals surface area contributed by atoms with Crippen molar-refractivity contribution in [2.75, 3.05) is 44.2 Å². The van der Waals surface area contributed by atoms with E-state index in [1.807, 2.05) is 17.5 Å². The van der Waals surface area contributed by atoms with E-state index in [0.29, 0.717) is 17.8 Å². The molecule has 2 N–H and O–H groups in total. The number of carbonyl (C=O) groups excluding carboxylic acids is 2. The third-order valence-corrected chi connectivity index (χ3v) is 7.08. The number of benzene rings is 1. The van der Waals surface area contributed by atoms with Crippen molar-refractivity contribution in [2.45, 2.75) is 26.8 Å². The highest BCUT2D eigenvalue weighted by molar-refractivity contribution is 7.10. The van der Waals surface area contributed by atoms with Gasteiger partial charge in [0.15, 0.2) is 0 Å². The Bertz CT molecular complexity index is 1010. The van der Waals surface area contributed by atoms with E-state index in [9.17, 15) is 9.59 Å². The molecule has 0 radical (unpaired) electrons. The largest absolute Gasteiger partial charge is 0.463 e. The van der Waals surface area contributed by atoms with Gasteiger partial charge in [0.1, 0.15) is 0 Å². The number of carbonyl (C=O) groups is 2. The average Bonchev–Trinajstić information content (AvgIpc) is 3.31. The molecule has 0 aliphatic carbocycles. The Kier molecular flexibility index (Phi) is 6.81. The van der Waals surface area contributed by atoms with Crippen molar-refractivity contribution < 1.29 is 14.3 Å². The van der Waals surface area contributed by atoms with Crippen LogP contribution in [-0.4, -0.2) is 56.2 Å². The van der Waals surface area contributed by atoms with Crippen molar-refractivity contribution in [1.29, 1.82) is 0 Å². The van der Waals surface area contributed by atoms with Crippen LogP contribution in [0.15, 0.2) is 47.0 Å². The van der Waals surface area contributed by atoms with E-state index in [-0.39, 0.29) is 18.6 Å². The Morgan fingerprint density at radius 1 is 1.16 bits per heavy atom. The maximum atomic E-state index is 12.9. The maximum absolute atomic E-state index is 12.9. The third-order valence-electron chi connectivity index (χ3n) is 6.15. The number of rotatable bonds is 6. The van der Waals surface area contributed by atoms with Crippen LogP contribution in [0, 0.1) is 13.8 Å². The summed E-state index contributed by atoms with van der Waals surface area (Å²) in [7, 11) is 0. The molecule has 0 saturated carbocycles. The second-order valence-corrected chi connectivity index (χ2v) is 9.12. The lowest BCUT2D eigenvalue weighted by molar-refractivity contribution is -0.139. The predicted molar refractivity (Wildman–Crippen MR) is 127 cm³/mol. The number of anilines is 1. The number of nitrogens with one attached hydrogen (secondary N) is 2. The molecule has 0 bridgehead atoms. The minimum atomic E-state index is -0.492. The molecule has 2 aliphatic heterocycles. The first-order valence-electron chi connectivity index (χ1n) is 11.0. The first-order valence-corrected chi connectivity index (χ1v) is 11.9. The number of amides is 2. The SMILES string of the molecule is CCOC(=O)C1=C(CN2CCN(c3cccc(C)c3C)CC2)NC(=O)N[C@H]1c1cccs1. The zero-order chi connectivity index (χ0) is 22.7. The van der Waals surface area contributed by atoms with E-state index in [2.05, 4.69) is 52.5 Å². The monoisotopic (exact) mass is 454 g/mol. The second-order valence-electron chi connectivity index (χ2n) is 8.14. The molecule has 0 spiro atoms. The zero-order valence-electron chi connectivity index (χ0n) is 18.8. The van der Waals surface area contributed by atoms with Crippen LogP contribution in [0.4, 0.5) is 10.5 Å². The fourth-order valence-electron chi connectivity index (χ4n) is 4.31. The van der Waals surface area contributed by atoms with Crippen LogP contribution >= 0.6 is 11.3 Å². The molecule has 0 unspecified atom stereocenters. The molecule has 170 valence electrons. The Balaban J connectivity index is 1.53. The minimum Gasteiger partial charge on any atom is -0.463 e. The van der Waals surface area contributed by atoms with Gasteiger partial charge in [-0.25, -0.2) is 9.59 Å². The molecule has 1 aromatic carbocycles. The smallest absolute Gasteiger partial charge is 0.338 e. The molecule has 1 fully saturated rings. The summed E-state index contributed by atoms with van der Waals surface area (Å²) in [5.74, 6) is -0.387. The van der Waals surface area contributed by atoms with Gasteiger partial charge >= 0.3 is 12.0 Å².